The SMILES string of the molecule is CC1C[C@@H]2C[C@@H](CCC2=O)C1=O. The van der Waals surface area contributed by atoms with Crippen molar-refractivity contribution >= 4 is 11.6 Å². The minimum Gasteiger partial charge on any atom is -0.299 e. The fourth-order valence-corrected chi connectivity index (χ4v) is 2.54. The van der Waals surface area contributed by atoms with Gasteiger partial charge in [0.1, 0.15) is 11.6 Å². The van der Waals surface area contributed by atoms with Gasteiger partial charge in [-0.2, -0.15) is 0 Å². The van der Waals surface area contributed by atoms with E-state index in [9.17, 15) is 9.59 Å². The molecule has 0 aromatic rings. The van der Waals surface area contributed by atoms with Crippen LogP contribution in [-0.2, 0) is 9.59 Å². The summed E-state index contributed by atoms with van der Waals surface area (Å²) in [5.41, 5.74) is 0. The molecule has 0 aliphatic heterocycles. The molecule has 0 amide bonds. The Bertz CT molecular complexity index is 230. The van der Waals surface area contributed by atoms with E-state index < -0.39 is 0 Å². The highest BCUT2D eigenvalue weighted by molar-refractivity contribution is 5.90. The van der Waals surface area contributed by atoms with Gasteiger partial charge in [0.2, 0.25) is 0 Å². The van der Waals surface area contributed by atoms with Gasteiger partial charge in [-0.05, 0) is 19.3 Å². The number of hydrogen-bond donors (Lipinski definition) is 0. The van der Waals surface area contributed by atoms with E-state index >= 15 is 0 Å². The Kier molecular flexibility index (Phi) is 1.78. The summed E-state index contributed by atoms with van der Waals surface area (Å²) in [5.74, 6) is 1.37. The monoisotopic (exact) mass is 166 g/mol. The van der Waals surface area contributed by atoms with Crippen LogP contribution in [0, 0.1) is 17.8 Å². The highest BCUT2D eigenvalue weighted by Gasteiger charge is 2.40. The lowest BCUT2D eigenvalue weighted by atomic mass is 9.67. The fourth-order valence-electron chi connectivity index (χ4n) is 2.54. The minimum absolute atomic E-state index is 0.137. The molecule has 0 heterocycles. The van der Waals surface area contributed by atoms with E-state index in [-0.39, 0.29) is 17.8 Å². The van der Waals surface area contributed by atoms with Crippen LogP contribution in [0.2, 0.25) is 0 Å². The largest absolute Gasteiger partial charge is 0.299 e. The van der Waals surface area contributed by atoms with Crippen LogP contribution in [0.3, 0.4) is 0 Å². The van der Waals surface area contributed by atoms with Crippen molar-refractivity contribution in [1.82, 2.24) is 0 Å². The maximum Gasteiger partial charge on any atom is 0.138 e. The van der Waals surface area contributed by atoms with Crippen LogP contribution < -0.4 is 0 Å². The number of carbonyl (C=O) groups excluding carboxylic acids is 2. The molecule has 0 N–H and O–H groups in total. The Hall–Kier alpha value is -0.660. The van der Waals surface area contributed by atoms with Gasteiger partial charge >= 0.3 is 0 Å². The van der Waals surface area contributed by atoms with Gasteiger partial charge in [-0.3, -0.25) is 9.59 Å². The smallest absolute Gasteiger partial charge is 0.138 e. The second kappa shape index (κ2) is 2.68. The van der Waals surface area contributed by atoms with Crippen molar-refractivity contribution in [2.75, 3.05) is 0 Å². The zero-order valence-corrected chi connectivity index (χ0v) is 7.38. The van der Waals surface area contributed by atoms with Crippen molar-refractivity contribution in [3.63, 3.8) is 0 Å². The van der Waals surface area contributed by atoms with Crippen LogP contribution in [0.4, 0.5) is 0 Å². The van der Waals surface area contributed by atoms with Crippen molar-refractivity contribution in [2.45, 2.75) is 32.6 Å². The first-order valence-electron chi connectivity index (χ1n) is 4.75. The van der Waals surface area contributed by atoms with Crippen LogP contribution in [0.5, 0.6) is 0 Å². The summed E-state index contributed by atoms with van der Waals surface area (Å²) in [4.78, 5) is 22.9. The molecule has 0 spiro atoms. The van der Waals surface area contributed by atoms with Crippen LogP contribution in [0.15, 0.2) is 0 Å². The Balaban J connectivity index is 2.18. The van der Waals surface area contributed by atoms with Crippen molar-refractivity contribution < 1.29 is 9.59 Å². The number of fused-ring (bicyclic) bond motifs is 2. The molecule has 1 unspecified atom stereocenters. The Morgan fingerprint density at radius 3 is 2.67 bits per heavy atom. The molecule has 2 aliphatic carbocycles. The molecule has 0 aromatic carbocycles. The number of rotatable bonds is 0. The molecule has 2 fully saturated rings. The zero-order chi connectivity index (χ0) is 8.72. The van der Waals surface area contributed by atoms with Gasteiger partial charge in [0.15, 0.2) is 0 Å². The molecule has 3 atom stereocenters. The molecule has 2 rings (SSSR count). The molecule has 2 nitrogen and oxygen atoms in total. The van der Waals surface area contributed by atoms with Gasteiger partial charge in [-0.1, -0.05) is 6.92 Å². The van der Waals surface area contributed by atoms with Gasteiger partial charge in [-0.15, -0.1) is 0 Å². The average Bonchev–Trinajstić information content (AvgIpc) is 2.06. The fraction of sp³-hybridized carbons (Fsp3) is 0.800. The second-order valence-electron chi connectivity index (χ2n) is 4.17. The van der Waals surface area contributed by atoms with Crippen LogP contribution in [-0.4, -0.2) is 11.6 Å². The van der Waals surface area contributed by atoms with Gasteiger partial charge in [0.05, 0.1) is 0 Å². The molecule has 66 valence electrons. The highest BCUT2D eigenvalue weighted by atomic mass is 16.1. The molecule has 0 saturated heterocycles. The van der Waals surface area contributed by atoms with E-state index in [1.807, 2.05) is 6.92 Å². The number of Topliss-reactive ketones (excluding diaryl/α,β-unsaturated/α-hetero) is 2. The molecule has 2 heteroatoms. The predicted molar refractivity (Wildman–Crippen MR) is 44.6 cm³/mol. The first-order valence-corrected chi connectivity index (χ1v) is 4.75. The standard InChI is InChI=1S/C10H14O2/c1-6-4-8-5-7(10(6)12)2-3-9(8)11/h6-8H,2-5H2,1H3/t6?,7-,8-/m1/s1. The van der Waals surface area contributed by atoms with Gasteiger partial charge in [-0.25, -0.2) is 0 Å². The Morgan fingerprint density at radius 2 is 1.92 bits per heavy atom. The molecule has 2 aliphatic rings. The maximum atomic E-state index is 11.5. The topological polar surface area (TPSA) is 34.1 Å². The van der Waals surface area contributed by atoms with Gasteiger partial charge in [0.25, 0.3) is 0 Å². The number of ketones is 2. The third-order valence-electron chi connectivity index (χ3n) is 3.29. The Labute approximate surface area is 72.3 Å². The van der Waals surface area contributed by atoms with Crippen LogP contribution >= 0.6 is 0 Å². The first-order chi connectivity index (χ1) is 5.68. The lowest BCUT2D eigenvalue weighted by Gasteiger charge is -2.35. The van der Waals surface area contributed by atoms with Gasteiger partial charge in [0, 0.05) is 24.2 Å². The van der Waals surface area contributed by atoms with Crippen molar-refractivity contribution in [3.8, 4) is 0 Å². The van der Waals surface area contributed by atoms with Crippen LogP contribution in [0.25, 0.3) is 0 Å². The predicted octanol–water partition coefficient (Wildman–Crippen LogP) is 1.58. The summed E-state index contributed by atoms with van der Waals surface area (Å²) in [6.45, 7) is 1.96. The molecular weight excluding hydrogens is 152 g/mol. The lowest BCUT2D eigenvalue weighted by Crippen LogP contribution is -2.38. The van der Waals surface area contributed by atoms with Crippen molar-refractivity contribution in [2.24, 2.45) is 17.8 Å². The minimum atomic E-state index is 0.137. The van der Waals surface area contributed by atoms with Gasteiger partial charge < -0.3 is 0 Å². The van der Waals surface area contributed by atoms with Crippen molar-refractivity contribution in [1.29, 1.82) is 0 Å². The third kappa shape index (κ3) is 1.10. The number of carbonyl (C=O) groups is 2. The van der Waals surface area contributed by atoms with Crippen molar-refractivity contribution in [3.05, 3.63) is 0 Å². The average molecular weight is 166 g/mol. The highest BCUT2D eigenvalue weighted by Crippen LogP contribution is 2.38. The van der Waals surface area contributed by atoms with E-state index in [4.69, 9.17) is 0 Å². The summed E-state index contributed by atoms with van der Waals surface area (Å²) in [6.07, 6.45) is 3.13. The summed E-state index contributed by atoms with van der Waals surface area (Å²) in [6, 6.07) is 0. The van der Waals surface area contributed by atoms with E-state index in [1.165, 1.54) is 0 Å². The van der Waals surface area contributed by atoms with E-state index in [1.54, 1.807) is 0 Å². The maximum absolute atomic E-state index is 11.5. The molecule has 2 saturated carbocycles. The normalized spacial score (nSPS) is 41.6. The summed E-state index contributed by atoms with van der Waals surface area (Å²) in [5, 5.41) is 0. The third-order valence-corrected chi connectivity index (χ3v) is 3.29. The quantitative estimate of drug-likeness (QED) is 0.547. The molecule has 12 heavy (non-hydrogen) atoms. The molecular formula is C10H14O2. The Morgan fingerprint density at radius 1 is 1.17 bits per heavy atom. The van der Waals surface area contributed by atoms with Crippen LogP contribution in [0.1, 0.15) is 32.6 Å². The molecule has 0 aromatic heterocycles. The van der Waals surface area contributed by atoms with E-state index in [0.29, 0.717) is 18.0 Å². The summed E-state index contributed by atoms with van der Waals surface area (Å²) >= 11 is 0. The zero-order valence-electron chi connectivity index (χ0n) is 7.38. The van der Waals surface area contributed by atoms with E-state index in [0.717, 1.165) is 19.3 Å². The number of hydrogen-bond acceptors (Lipinski definition) is 2. The molecule has 2 bridgehead atoms. The summed E-state index contributed by atoms with van der Waals surface area (Å²) in [7, 11) is 0. The summed E-state index contributed by atoms with van der Waals surface area (Å²) < 4.78 is 0. The first kappa shape index (κ1) is 7.96. The molecule has 0 radical (unpaired) electrons. The lowest BCUT2D eigenvalue weighted by molar-refractivity contribution is -0.138. The second-order valence-corrected chi connectivity index (χ2v) is 4.17. The van der Waals surface area contributed by atoms with E-state index in [2.05, 4.69) is 0 Å².